The Morgan fingerprint density at radius 3 is 2.64 bits per heavy atom. The summed E-state index contributed by atoms with van der Waals surface area (Å²) >= 11 is 6.43. The molecule has 0 unspecified atom stereocenters. The number of benzene rings is 1. The molecule has 0 atom stereocenters. The van der Waals surface area contributed by atoms with E-state index in [0.29, 0.717) is 27.3 Å². The highest BCUT2D eigenvalue weighted by atomic mass is 32.2. The number of carbonyl (C=O) groups excluding carboxylic acids is 1. The van der Waals surface area contributed by atoms with Crippen LogP contribution in [0, 0.1) is 0 Å². The number of hydrogen-bond donors (Lipinski definition) is 0. The van der Waals surface area contributed by atoms with Gasteiger partial charge in [0.05, 0.1) is 12.0 Å². The Morgan fingerprint density at radius 2 is 2.00 bits per heavy atom. The molecule has 1 fully saturated rings. The van der Waals surface area contributed by atoms with Gasteiger partial charge in [0.25, 0.3) is 5.91 Å². The third-order valence-corrected chi connectivity index (χ3v) is 5.10. The molecule has 1 saturated heterocycles. The van der Waals surface area contributed by atoms with Crippen molar-refractivity contribution in [1.29, 1.82) is 0 Å². The Hall–Kier alpha value is -2.38. The quantitative estimate of drug-likeness (QED) is 0.591. The first kappa shape index (κ1) is 17.4. The van der Waals surface area contributed by atoms with Crippen LogP contribution in [0.1, 0.15) is 11.1 Å². The number of ether oxygens (including phenoxy) is 2. The standard InChI is InChI=1S/C18H16N2O3S2/c1-20-17(21)16(25-18(20)24)10-13-3-4-14(15(9-13)22-2)23-11-12-5-7-19-8-6-12/h3-10H,11H2,1-2H3/b16-10-. The highest BCUT2D eigenvalue weighted by Crippen LogP contribution is 2.34. The fourth-order valence-corrected chi connectivity index (χ4v) is 3.41. The molecular weight excluding hydrogens is 356 g/mol. The average molecular weight is 372 g/mol. The summed E-state index contributed by atoms with van der Waals surface area (Å²) in [5, 5.41) is 0. The van der Waals surface area contributed by atoms with E-state index in [1.165, 1.54) is 16.7 Å². The number of nitrogens with zero attached hydrogens (tertiary/aromatic N) is 2. The summed E-state index contributed by atoms with van der Waals surface area (Å²) in [7, 11) is 3.26. The molecule has 7 heteroatoms. The Balaban J connectivity index is 1.78. The first-order valence-electron chi connectivity index (χ1n) is 7.50. The molecule has 2 heterocycles. The van der Waals surface area contributed by atoms with Gasteiger partial charge in [0.15, 0.2) is 11.5 Å². The van der Waals surface area contributed by atoms with Crippen LogP contribution in [0.25, 0.3) is 6.08 Å². The number of hydrogen-bond acceptors (Lipinski definition) is 6. The second-order valence-electron chi connectivity index (χ2n) is 5.30. The van der Waals surface area contributed by atoms with E-state index in [1.807, 2.05) is 30.3 Å². The highest BCUT2D eigenvalue weighted by molar-refractivity contribution is 8.26. The SMILES string of the molecule is COc1cc(/C=C2\SC(=S)N(C)C2=O)ccc1OCc1ccncc1. The van der Waals surface area contributed by atoms with Crippen molar-refractivity contribution >= 4 is 40.3 Å². The van der Waals surface area contributed by atoms with Crippen molar-refractivity contribution in [3.8, 4) is 11.5 Å². The molecule has 0 aliphatic carbocycles. The van der Waals surface area contributed by atoms with Crippen LogP contribution >= 0.6 is 24.0 Å². The Kier molecular flexibility index (Phi) is 5.35. The lowest BCUT2D eigenvalue weighted by molar-refractivity contribution is -0.121. The number of likely N-dealkylation sites (N-methyl/N-ethyl adjacent to an activating group) is 1. The van der Waals surface area contributed by atoms with Gasteiger partial charge in [0.1, 0.15) is 10.9 Å². The van der Waals surface area contributed by atoms with Crippen molar-refractivity contribution in [3.63, 3.8) is 0 Å². The lowest BCUT2D eigenvalue weighted by atomic mass is 10.2. The number of thiocarbonyl (C=S) groups is 1. The third-order valence-electron chi connectivity index (χ3n) is 3.62. The molecule has 0 saturated carbocycles. The van der Waals surface area contributed by atoms with Crippen LogP contribution in [-0.4, -0.2) is 34.3 Å². The molecule has 0 radical (unpaired) electrons. The molecule has 25 heavy (non-hydrogen) atoms. The lowest BCUT2D eigenvalue weighted by Gasteiger charge is -2.11. The zero-order valence-electron chi connectivity index (χ0n) is 13.8. The van der Waals surface area contributed by atoms with Crippen molar-refractivity contribution in [2.75, 3.05) is 14.2 Å². The van der Waals surface area contributed by atoms with Gasteiger partial charge in [-0.25, -0.2) is 0 Å². The number of thioether (sulfide) groups is 1. The van der Waals surface area contributed by atoms with E-state index in [1.54, 1.807) is 32.6 Å². The van der Waals surface area contributed by atoms with Crippen LogP contribution in [0.15, 0.2) is 47.6 Å². The predicted octanol–water partition coefficient (Wildman–Crippen LogP) is 3.50. The van der Waals surface area contributed by atoms with Gasteiger partial charge in [-0.05, 0) is 41.5 Å². The molecule has 128 valence electrons. The van der Waals surface area contributed by atoms with Gasteiger partial charge < -0.3 is 9.47 Å². The predicted molar refractivity (Wildman–Crippen MR) is 102 cm³/mol. The van der Waals surface area contributed by atoms with E-state index in [0.717, 1.165) is 11.1 Å². The maximum absolute atomic E-state index is 12.1. The van der Waals surface area contributed by atoms with Crippen LogP contribution < -0.4 is 9.47 Å². The molecule has 0 spiro atoms. The largest absolute Gasteiger partial charge is 0.493 e. The molecule has 1 amide bonds. The minimum absolute atomic E-state index is 0.0908. The Bertz CT molecular complexity index is 837. The average Bonchev–Trinajstić information content (AvgIpc) is 2.88. The lowest BCUT2D eigenvalue weighted by Crippen LogP contribution is -2.22. The molecular formula is C18H16N2O3S2. The molecule has 1 aromatic carbocycles. The summed E-state index contributed by atoms with van der Waals surface area (Å²) in [6.07, 6.45) is 5.25. The molecule has 2 aromatic rings. The summed E-state index contributed by atoms with van der Waals surface area (Å²) < 4.78 is 11.8. The first-order valence-corrected chi connectivity index (χ1v) is 8.72. The zero-order chi connectivity index (χ0) is 17.8. The van der Waals surface area contributed by atoms with Crippen molar-refractivity contribution in [2.45, 2.75) is 6.61 Å². The molecule has 1 aliphatic heterocycles. The van der Waals surface area contributed by atoms with Gasteiger partial charge in [0.2, 0.25) is 0 Å². The van der Waals surface area contributed by atoms with Gasteiger partial charge in [0, 0.05) is 19.4 Å². The number of carbonyl (C=O) groups is 1. The smallest absolute Gasteiger partial charge is 0.265 e. The topological polar surface area (TPSA) is 51.7 Å². The Labute approximate surface area is 155 Å². The van der Waals surface area contributed by atoms with Crippen LogP contribution in [-0.2, 0) is 11.4 Å². The second-order valence-corrected chi connectivity index (χ2v) is 6.97. The van der Waals surface area contributed by atoms with Crippen LogP contribution in [0.2, 0.25) is 0 Å². The molecule has 3 rings (SSSR count). The number of rotatable bonds is 5. The summed E-state index contributed by atoms with van der Waals surface area (Å²) in [6.45, 7) is 0.423. The van der Waals surface area contributed by atoms with E-state index in [9.17, 15) is 4.79 Å². The number of amides is 1. The van der Waals surface area contributed by atoms with Gasteiger partial charge in [-0.3, -0.25) is 14.7 Å². The summed E-state index contributed by atoms with van der Waals surface area (Å²) in [4.78, 5) is 18.1. The van der Waals surface area contributed by atoms with Crippen molar-refractivity contribution < 1.29 is 14.3 Å². The van der Waals surface area contributed by atoms with Crippen LogP contribution in [0.4, 0.5) is 0 Å². The van der Waals surface area contributed by atoms with Crippen LogP contribution in [0.5, 0.6) is 11.5 Å². The number of pyridine rings is 1. The van der Waals surface area contributed by atoms with E-state index < -0.39 is 0 Å². The van der Waals surface area contributed by atoms with Gasteiger partial charge in [-0.15, -0.1) is 0 Å². The fourth-order valence-electron chi connectivity index (χ4n) is 2.23. The normalized spacial score (nSPS) is 15.8. The fraction of sp³-hybridized carbons (Fsp3) is 0.167. The summed E-state index contributed by atoms with van der Waals surface area (Å²) in [5.74, 6) is 1.15. The minimum Gasteiger partial charge on any atom is -0.493 e. The monoisotopic (exact) mass is 372 g/mol. The number of aromatic nitrogens is 1. The van der Waals surface area contributed by atoms with Crippen molar-refractivity contribution in [3.05, 3.63) is 58.8 Å². The van der Waals surface area contributed by atoms with E-state index in [4.69, 9.17) is 21.7 Å². The highest BCUT2D eigenvalue weighted by Gasteiger charge is 2.28. The Morgan fingerprint density at radius 1 is 1.24 bits per heavy atom. The zero-order valence-corrected chi connectivity index (χ0v) is 15.4. The maximum Gasteiger partial charge on any atom is 0.265 e. The molecule has 0 bridgehead atoms. The summed E-state index contributed by atoms with van der Waals surface area (Å²) in [5.41, 5.74) is 1.87. The molecule has 5 nitrogen and oxygen atoms in total. The number of methoxy groups -OCH3 is 1. The van der Waals surface area contributed by atoms with E-state index in [-0.39, 0.29) is 5.91 Å². The minimum atomic E-state index is -0.0908. The van der Waals surface area contributed by atoms with Crippen molar-refractivity contribution in [1.82, 2.24) is 9.88 Å². The van der Waals surface area contributed by atoms with Gasteiger partial charge in [-0.1, -0.05) is 30.0 Å². The van der Waals surface area contributed by atoms with Gasteiger partial charge >= 0.3 is 0 Å². The van der Waals surface area contributed by atoms with Crippen molar-refractivity contribution in [2.24, 2.45) is 0 Å². The van der Waals surface area contributed by atoms with Crippen LogP contribution in [0.3, 0.4) is 0 Å². The van der Waals surface area contributed by atoms with E-state index >= 15 is 0 Å². The second kappa shape index (κ2) is 7.67. The maximum atomic E-state index is 12.1. The molecule has 1 aromatic heterocycles. The van der Waals surface area contributed by atoms with Gasteiger partial charge in [-0.2, -0.15) is 0 Å². The molecule has 1 aliphatic rings. The first-order chi connectivity index (χ1) is 12.1. The molecule has 0 N–H and O–H groups in total. The third kappa shape index (κ3) is 4.00. The van der Waals surface area contributed by atoms with E-state index in [2.05, 4.69) is 4.98 Å². The summed E-state index contributed by atoms with van der Waals surface area (Å²) in [6, 6.07) is 9.34.